The first-order chi connectivity index (χ1) is 11.5. The van der Waals surface area contributed by atoms with Crippen LogP contribution in [0.2, 0.25) is 0 Å². The highest BCUT2D eigenvalue weighted by Crippen LogP contribution is 2.22. The summed E-state index contributed by atoms with van der Waals surface area (Å²) in [5.41, 5.74) is 0.509. The minimum atomic E-state index is -0.222. The average molecular weight is 345 g/mol. The first-order valence-electron chi connectivity index (χ1n) is 7.96. The molecule has 2 amide bonds. The Balaban J connectivity index is 1.91. The third-order valence-electron chi connectivity index (χ3n) is 3.99. The van der Waals surface area contributed by atoms with Crippen LogP contribution in [0.3, 0.4) is 0 Å². The second kappa shape index (κ2) is 6.76. The van der Waals surface area contributed by atoms with Gasteiger partial charge >= 0.3 is 0 Å². The number of carbonyl (C=O) groups is 2. The summed E-state index contributed by atoms with van der Waals surface area (Å²) in [5.74, 6) is -0.239. The van der Waals surface area contributed by atoms with Crippen molar-refractivity contribution in [3.05, 3.63) is 34.6 Å². The standard InChI is InChI=1S/C17H19N3O3S/c1-11(2)20-16(23)12-6-3-4-7-13(12)18-17(20)24-10-15(22)19-9-5-8-14(19)21/h3-4,6-7,11H,5,8-10H2,1-2H3. The van der Waals surface area contributed by atoms with Crippen LogP contribution >= 0.6 is 11.8 Å². The van der Waals surface area contributed by atoms with Crippen molar-refractivity contribution in [3.8, 4) is 0 Å². The molecule has 24 heavy (non-hydrogen) atoms. The van der Waals surface area contributed by atoms with Crippen molar-refractivity contribution in [2.75, 3.05) is 12.3 Å². The van der Waals surface area contributed by atoms with E-state index >= 15 is 0 Å². The SMILES string of the molecule is CC(C)n1c(SCC(=O)N2CCCC2=O)nc2ccccc2c1=O. The predicted octanol–water partition coefficient (Wildman–Crippen LogP) is 2.22. The number of benzene rings is 1. The first-order valence-corrected chi connectivity index (χ1v) is 8.95. The lowest BCUT2D eigenvalue weighted by Gasteiger charge is -2.17. The van der Waals surface area contributed by atoms with Crippen molar-refractivity contribution in [1.29, 1.82) is 0 Å². The summed E-state index contributed by atoms with van der Waals surface area (Å²) in [5, 5.41) is 1.07. The maximum atomic E-state index is 12.7. The van der Waals surface area contributed by atoms with E-state index < -0.39 is 0 Å². The second-order valence-corrected chi connectivity index (χ2v) is 6.95. The van der Waals surface area contributed by atoms with Crippen LogP contribution < -0.4 is 5.56 Å². The van der Waals surface area contributed by atoms with Crippen LogP contribution in [-0.2, 0) is 9.59 Å². The maximum Gasteiger partial charge on any atom is 0.262 e. The summed E-state index contributed by atoms with van der Waals surface area (Å²) in [6.07, 6.45) is 1.15. The molecule has 1 aliphatic heterocycles. The minimum absolute atomic E-state index is 0.0689. The molecule has 1 fully saturated rings. The first kappa shape index (κ1) is 16.7. The van der Waals surface area contributed by atoms with E-state index in [0.717, 1.165) is 6.42 Å². The number of rotatable bonds is 4. The van der Waals surface area contributed by atoms with Crippen LogP contribution in [0.25, 0.3) is 10.9 Å². The van der Waals surface area contributed by atoms with Gasteiger partial charge < -0.3 is 0 Å². The molecule has 1 aromatic heterocycles. The molecule has 2 aromatic rings. The predicted molar refractivity (Wildman–Crippen MR) is 93.1 cm³/mol. The third-order valence-corrected chi connectivity index (χ3v) is 4.93. The molecule has 7 heteroatoms. The molecule has 1 aromatic carbocycles. The highest BCUT2D eigenvalue weighted by molar-refractivity contribution is 7.99. The molecule has 0 radical (unpaired) electrons. The maximum absolute atomic E-state index is 12.7. The highest BCUT2D eigenvalue weighted by atomic mass is 32.2. The molecule has 0 N–H and O–H groups in total. The molecular formula is C17H19N3O3S. The largest absolute Gasteiger partial charge is 0.285 e. The topological polar surface area (TPSA) is 72.3 Å². The van der Waals surface area contributed by atoms with Gasteiger partial charge in [0.2, 0.25) is 11.8 Å². The number of aromatic nitrogens is 2. The van der Waals surface area contributed by atoms with Crippen molar-refractivity contribution in [2.24, 2.45) is 0 Å². The Morgan fingerprint density at radius 1 is 1.29 bits per heavy atom. The van der Waals surface area contributed by atoms with Crippen LogP contribution in [-0.4, -0.2) is 38.6 Å². The zero-order chi connectivity index (χ0) is 17.3. The van der Waals surface area contributed by atoms with Gasteiger partial charge in [0.25, 0.3) is 5.56 Å². The average Bonchev–Trinajstić information content (AvgIpc) is 2.98. The number of hydrogen-bond acceptors (Lipinski definition) is 5. The van der Waals surface area contributed by atoms with Gasteiger partial charge in [-0.15, -0.1) is 0 Å². The van der Waals surface area contributed by atoms with Crippen LogP contribution in [0.1, 0.15) is 32.7 Å². The number of nitrogens with zero attached hydrogens (tertiary/aromatic N) is 3. The Kier molecular flexibility index (Phi) is 4.71. The van der Waals surface area contributed by atoms with Crippen LogP contribution in [0.4, 0.5) is 0 Å². The fourth-order valence-corrected chi connectivity index (χ4v) is 3.80. The number of para-hydroxylation sites is 1. The van der Waals surface area contributed by atoms with Crippen LogP contribution in [0, 0.1) is 0 Å². The van der Waals surface area contributed by atoms with E-state index in [0.29, 0.717) is 29.0 Å². The molecule has 1 aliphatic rings. The van der Waals surface area contributed by atoms with E-state index in [1.165, 1.54) is 16.7 Å². The molecule has 3 rings (SSSR count). The molecule has 0 bridgehead atoms. The monoisotopic (exact) mass is 345 g/mol. The van der Waals surface area contributed by atoms with Gasteiger partial charge in [0.15, 0.2) is 5.16 Å². The molecule has 2 heterocycles. The molecule has 0 spiro atoms. The van der Waals surface area contributed by atoms with Gasteiger partial charge in [-0.2, -0.15) is 0 Å². The van der Waals surface area contributed by atoms with Gasteiger partial charge in [0, 0.05) is 19.0 Å². The van der Waals surface area contributed by atoms with E-state index in [2.05, 4.69) is 4.98 Å². The van der Waals surface area contributed by atoms with Gasteiger partial charge in [-0.05, 0) is 32.4 Å². The molecule has 0 saturated carbocycles. The van der Waals surface area contributed by atoms with Gasteiger partial charge in [-0.1, -0.05) is 23.9 Å². The van der Waals surface area contributed by atoms with Crippen molar-refractivity contribution >= 4 is 34.5 Å². The summed E-state index contributed by atoms with van der Waals surface area (Å²) < 4.78 is 1.60. The Morgan fingerprint density at radius 3 is 2.71 bits per heavy atom. The molecule has 0 atom stereocenters. The molecule has 6 nitrogen and oxygen atoms in total. The smallest absolute Gasteiger partial charge is 0.262 e. The lowest BCUT2D eigenvalue weighted by Crippen LogP contribution is -2.33. The number of fused-ring (bicyclic) bond motifs is 1. The summed E-state index contributed by atoms with van der Waals surface area (Å²) >= 11 is 1.21. The van der Waals surface area contributed by atoms with Crippen LogP contribution in [0.15, 0.2) is 34.2 Å². The summed E-state index contributed by atoms with van der Waals surface area (Å²) in [6, 6.07) is 7.12. The molecule has 126 valence electrons. The summed E-state index contributed by atoms with van der Waals surface area (Å²) in [6.45, 7) is 4.31. The molecule has 1 saturated heterocycles. The molecule has 0 unspecified atom stereocenters. The Hall–Kier alpha value is -2.15. The second-order valence-electron chi connectivity index (χ2n) is 6.01. The lowest BCUT2D eigenvalue weighted by molar-refractivity contribution is -0.140. The number of imide groups is 1. The quantitative estimate of drug-likeness (QED) is 0.627. The van der Waals surface area contributed by atoms with Gasteiger partial charge in [-0.3, -0.25) is 23.9 Å². The van der Waals surface area contributed by atoms with Gasteiger partial charge in [-0.25, -0.2) is 4.98 Å². The van der Waals surface area contributed by atoms with Crippen molar-refractivity contribution < 1.29 is 9.59 Å². The fourth-order valence-electron chi connectivity index (χ4n) is 2.80. The van der Waals surface area contributed by atoms with Crippen molar-refractivity contribution in [2.45, 2.75) is 37.9 Å². The normalized spacial score (nSPS) is 14.8. The van der Waals surface area contributed by atoms with E-state index in [1.807, 2.05) is 26.0 Å². The Morgan fingerprint density at radius 2 is 2.04 bits per heavy atom. The van der Waals surface area contributed by atoms with Gasteiger partial charge in [0.05, 0.1) is 16.7 Å². The van der Waals surface area contributed by atoms with E-state index in [9.17, 15) is 14.4 Å². The zero-order valence-electron chi connectivity index (χ0n) is 13.7. The number of hydrogen-bond donors (Lipinski definition) is 0. The lowest BCUT2D eigenvalue weighted by atomic mass is 10.2. The molecule has 0 aliphatic carbocycles. The van der Waals surface area contributed by atoms with Crippen molar-refractivity contribution in [3.63, 3.8) is 0 Å². The zero-order valence-corrected chi connectivity index (χ0v) is 14.5. The third kappa shape index (κ3) is 3.08. The van der Waals surface area contributed by atoms with E-state index in [-0.39, 0.29) is 29.2 Å². The highest BCUT2D eigenvalue weighted by Gasteiger charge is 2.26. The Bertz CT molecular complexity index is 860. The number of amides is 2. The van der Waals surface area contributed by atoms with Gasteiger partial charge in [0.1, 0.15) is 0 Å². The van der Waals surface area contributed by atoms with Crippen LogP contribution in [0.5, 0.6) is 0 Å². The molecular weight excluding hydrogens is 326 g/mol. The van der Waals surface area contributed by atoms with Crippen molar-refractivity contribution in [1.82, 2.24) is 14.5 Å². The van der Waals surface area contributed by atoms with E-state index in [1.54, 1.807) is 16.7 Å². The number of carbonyl (C=O) groups excluding carboxylic acids is 2. The minimum Gasteiger partial charge on any atom is -0.285 e. The fraction of sp³-hybridized carbons (Fsp3) is 0.412. The number of thioether (sulfide) groups is 1. The van der Waals surface area contributed by atoms with E-state index in [4.69, 9.17) is 0 Å². The number of likely N-dealkylation sites (tertiary alicyclic amines) is 1. The summed E-state index contributed by atoms with van der Waals surface area (Å²) in [4.78, 5) is 42.4. The Labute approximate surface area is 143 Å². The summed E-state index contributed by atoms with van der Waals surface area (Å²) in [7, 11) is 0.